The first-order valence-electron chi connectivity index (χ1n) is 5.53. The molecule has 5 nitrogen and oxygen atoms in total. The summed E-state index contributed by atoms with van der Waals surface area (Å²) in [4.78, 5) is 21.8. The van der Waals surface area contributed by atoms with Gasteiger partial charge in [0.2, 0.25) is 0 Å². The van der Waals surface area contributed by atoms with Gasteiger partial charge in [-0.2, -0.15) is 0 Å². The maximum atomic E-state index is 11.8. The second kappa shape index (κ2) is 6.64. The van der Waals surface area contributed by atoms with E-state index < -0.39 is 0 Å². The molecule has 0 aromatic carbocycles. The van der Waals surface area contributed by atoms with Crippen LogP contribution in [0.15, 0.2) is 18.6 Å². The fourth-order valence-corrected chi connectivity index (χ4v) is 1.84. The normalized spacial score (nSPS) is 17.5. The van der Waals surface area contributed by atoms with E-state index in [0.29, 0.717) is 18.3 Å². The molecule has 0 radical (unpaired) electrons. The van der Waals surface area contributed by atoms with Gasteiger partial charge in [0.05, 0.1) is 12.7 Å². The van der Waals surface area contributed by atoms with Crippen molar-refractivity contribution in [3.8, 4) is 0 Å². The lowest BCUT2D eigenvalue weighted by Gasteiger charge is -2.29. The molecule has 1 aliphatic heterocycles. The average molecular weight is 257 g/mol. The summed E-state index contributed by atoms with van der Waals surface area (Å²) in [5, 5.41) is 0. The summed E-state index contributed by atoms with van der Waals surface area (Å²) in [6.07, 6.45) is 6.55. The van der Waals surface area contributed by atoms with E-state index in [2.05, 4.69) is 14.9 Å². The van der Waals surface area contributed by atoms with Gasteiger partial charge >= 0.3 is 0 Å². The second-order valence-electron chi connectivity index (χ2n) is 4.13. The number of ketones is 1. The number of halogens is 1. The minimum Gasteiger partial charge on any atom is -0.328 e. The number of nitrogens with two attached hydrogens (primary N) is 1. The molecule has 1 aliphatic rings. The Morgan fingerprint density at radius 2 is 2.12 bits per heavy atom. The Hall–Kier alpha value is -1.04. The quantitative estimate of drug-likeness (QED) is 0.798. The third-order valence-corrected chi connectivity index (χ3v) is 2.85. The van der Waals surface area contributed by atoms with Crippen molar-refractivity contribution in [2.45, 2.75) is 18.9 Å². The highest BCUT2D eigenvalue weighted by Gasteiger charge is 2.19. The minimum absolute atomic E-state index is 0. The highest BCUT2D eigenvalue weighted by molar-refractivity contribution is 5.95. The minimum atomic E-state index is 0. The second-order valence-corrected chi connectivity index (χ2v) is 4.13. The molecule has 1 fully saturated rings. The molecular formula is C11H17ClN4O. The van der Waals surface area contributed by atoms with E-state index >= 15 is 0 Å². The molecule has 0 unspecified atom stereocenters. The number of carbonyl (C=O) groups excluding carboxylic acids is 1. The molecular weight excluding hydrogens is 240 g/mol. The Balaban J connectivity index is 0.00000144. The van der Waals surface area contributed by atoms with Gasteiger partial charge in [-0.1, -0.05) is 0 Å². The lowest BCUT2D eigenvalue weighted by Crippen LogP contribution is -2.42. The fourth-order valence-electron chi connectivity index (χ4n) is 1.84. The summed E-state index contributed by atoms with van der Waals surface area (Å²) in [5.74, 6) is 0.0311. The summed E-state index contributed by atoms with van der Waals surface area (Å²) in [5.41, 5.74) is 6.25. The van der Waals surface area contributed by atoms with Crippen LogP contribution in [0.5, 0.6) is 0 Å². The molecule has 6 heteroatoms. The first-order valence-corrected chi connectivity index (χ1v) is 5.53. The number of carbonyl (C=O) groups is 1. The van der Waals surface area contributed by atoms with Crippen LogP contribution in [0, 0.1) is 0 Å². The lowest BCUT2D eigenvalue weighted by molar-refractivity contribution is 0.0904. The Morgan fingerprint density at radius 3 is 2.71 bits per heavy atom. The molecule has 2 N–H and O–H groups in total. The predicted octanol–water partition coefficient (Wildman–Crippen LogP) is 0.504. The summed E-state index contributed by atoms with van der Waals surface area (Å²) < 4.78 is 0. The van der Waals surface area contributed by atoms with E-state index in [1.165, 1.54) is 6.20 Å². The number of hydrogen-bond donors (Lipinski definition) is 1. The monoisotopic (exact) mass is 256 g/mol. The van der Waals surface area contributed by atoms with Gasteiger partial charge in [0.1, 0.15) is 5.69 Å². The topological polar surface area (TPSA) is 72.1 Å². The smallest absolute Gasteiger partial charge is 0.196 e. The zero-order valence-corrected chi connectivity index (χ0v) is 10.4. The molecule has 1 saturated heterocycles. The summed E-state index contributed by atoms with van der Waals surface area (Å²) >= 11 is 0. The summed E-state index contributed by atoms with van der Waals surface area (Å²) in [7, 11) is 0. The van der Waals surface area contributed by atoms with Crippen molar-refractivity contribution in [1.29, 1.82) is 0 Å². The van der Waals surface area contributed by atoms with Crippen molar-refractivity contribution in [3.05, 3.63) is 24.3 Å². The van der Waals surface area contributed by atoms with Crippen molar-refractivity contribution < 1.29 is 4.79 Å². The van der Waals surface area contributed by atoms with Crippen molar-refractivity contribution in [3.63, 3.8) is 0 Å². The summed E-state index contributed by atoms with van der Waals surface area (Å²) in [6.45, 7) is 2.21. The molecule has 94 valence electrons. The van der Waals surface area contributed by atoms with E-state index in [9.17, 15) is 4.79 Å². The van der Waals surface area contributed by atoms with Crippen molar-refractivity contribution >= 4 is 18.2 Å². The molecule has 17 heavy (non-hydrogen) atoms. The van der Waals surface area contributed by atoms with Gasteiger partial charge in [-0.05, 0) is 12.8 Å². The fraction of sp³-hybridized carbons (Fsp3) is 0.545. The number of piperidine rings is 1. The molecule has 0 bridgehead atoms. The number of nitrogens with zero attached hydrogens (tertiary/aromatic N) is 3. The maximum absolute atomic E-state index is 11.8. The number of hydrogen-bond acceptors (Lipinski definition) is 5. The van der Waals surface area contributed by atoms with E-state index in [1.807, 2.05) is 0 Å². The van der Waals surface area contributed by atoms with Crippen LogP contribution in [0.3, 0.4) is 0 Å². The summed E-state index contributed by atoms with van der Waals surface area (Å²) in [6, 6.07) is 0.294. The van der Waals surface area contributed by atoms with Crippen LogP contribution in [-0.2, 0) is 0 Å². The van der Waals surface area contributed by atoms with Crippen LogP contribution >= 0.6 is 12.4 Å². The molecule has 1 aromatic heterocycles. The average Bonchev–Trinajstić information content (AvgIpc) is 2.33. The number of Topliss-reactive ketones (excluding diaryl/α,β-unsaturated/α-hetero) is 1. The van der Waals surface area contributed by atoms with Crippen LogP contribution in [0.2, 0.25) is 0 Å². The molecule has 0 spiro atoms. The molecule has 0 saturated carbocycles. The first kappa shape index (κ1) is 14.0. The predicted molar refractivity (Wildman–Crippen MR) is 67.3 cm³/mol. The van der Waals surface area contributed by atoms with Gasteiger partial charge < -0.3 is 5.73 Å². The highest BCUT2D eigenvalue weighted by atomic mass is 35.5. The van der Waals surface area contributed by atoms with E-state index in [1.54, 1.807) is 12.4 Å². The zero-order valence-electron chi connectivity index (χ0n) is 9.58. The SMILES string of the molecule is Cl.NC1CCN(CC(=O)c2cnccn2)CC1. The van der Waals surface area contributed by atoms with Gasteiger partial charge in [-0.25, -0.2) is 4.98 Å². The lowest BCUT2D eigenvalue weighted by atomic mass is 10.1. The van der Waals surface area contributed by atoms with Crippen molar-refractivity contribution in [2.75, 3.05) is 19.6 Å². The Kier molecular flexibility index (Phi) is 5.47. The molecule has 2 heterocycles. The molecule has 0 amide bonds. The third-order valence-electron chi connectivity index (χ3n) is 2.85. The van der Waals surface area contributed by atoms with Gasteiger partial charge in [-0.15, -0.1) is 12.4 Å². The van der Waals surface area contributed by atoms with Crippen LogP contribution in [0.4, 0.5) is 0 Å². The van der Waals surface area contributed by atoms with Crippen molar-refractivity contribution in [1.82, 2.24) is 14.9 Å². The molecule has 1 aromatic rings. The third kappa shape index (κ3) is 4.03. The van der Waals surface area contributed by atoms with Gasteiger partial charge in [0.15, 0.2) is 5.78 Å². The molecule has 0 atom stereocenters. The molecule has 0 aliphatic carbocycles. The number of likely N-dealkylation sites (tertiary alicyclic amines) is 1. The van der Waals surface area contributed by atoms with Crippen LogP contribution in [0.1, 0.15) is 23.3 Å². The highest BCUT2D eigenvalue weighted by Crippen LogP contribution is 2.08. The maximum Gasteiger partial charge on any atom is 0.196 e. The van der Waals surface area contributed by atoms with Gasteiger partial charge in [0, 0.05) is 31.5 Å². The van der Waals surface area contributed by atoms with E-state index in [-0.39, 0.29) is 18.2 Å². The zero-order chi connectivity index (χ0) is 11.4. The van der Waals surface area contributed by atoms with Gasteiger partial charge in [0.25, 0.3) is 0 Å². The van der Waals surface area contributed by atoms with Crippen molar-refractivity contribution in [2.24, 2.45) is 5.73 Å². The van der Waals surface area contributed by atoms with Crippen LogP contribution in [-0.4, -0.2) is 46.3 Å². The molecule has 2 rings (SSSR count). The van der Waals surface area contributed by atoms with E-state index in [4.69, 9.17) is 5.73 Å². The van der Waals surface area contributed by atoms with Crippen LogP contribution in [0.25, 0.3) is 0 Å². The number of aromatic nitrogens is 2. The Bertz CT molecular complexity index is 352. The van der Waals surface area contributed by atoms with Gasteiger partial charge in [-0.3, -0.25) is 14.7 Å². The first-order chi connectivity index (χ1) is 7.75. The number of rotatable bonds is 3. The Labute approximate surface area is 107 Å². The van der Waals surface area contributed by atoms with Crippen LogP contribution < -0.4 is 5.73 Å². The largest absolute Gasteiger partial charge is 0.328 e. The standard InChI is InChI=1S/C11H16N4O.ClH/c12-9-1-5-15(6-2-9)8-11(16)10-7-13-3-4-14-10;/h3-4,7,9H,1-2,5-6,8,12H2;1H. The Morgan fingerprint density at radius 1 is 1.41 bits per heavy atom. The van der Waals surface area contributed by atoms with E-state index in [0.717, 1.165) is 25.9 Å².